The van der Waals surface area contributed by atoms with E-state index in [2.05, 4.69) is 46.6 Å². The molecule has 4 rings (SSSR count). The van der Waals surface area contributed by atoms with Gasteiger partial charge >= 0.3 is 0 Å². The third-order valence-corrected chi connectivity index (χ3v) is 5.96. The average Bonchev–Trinajstić information content (AvgIpc) is 2.74. The molecule has 0 spiro atoms. The van der Waals surface area contributed by atoms with Crippen molar-refractivity contribution < 1.29 is 4.79 Å². The quantitative estimate of drug-likeness (QED) is 0.661. The van der Waals surface area contributed by atoms with Gasteiger partial charge in [0.25, 0.3) is 0 Å². The Bertz CT molecular complexity index is 963. The first kappa shape index (κ1) is 19.0. The van der Waals surface area contributed by atoms with Crippen LogP contribution in [0.5, 0.6) is 0 Å². The molecule has 0 unspecified atom stereocenters. The zero-order chi connectivity index (χ0) is 19.3. The number of amides is 1. The molecule has 1 amide bonds. The van der Waals surface area contributed by atoms with Crippen molar-refractivity contribution in [3.05, 3.63) is 82.9 Å². The van der Waals surface area contributed by atoms with Gasteiger partial charge in [-0.25, -0.2) is 0 Å². The molecule has 0 saturated carbocycles. The van der Waals surface area contributed by atoms with Gasteiger partial charge in [0.1, 0.15) is 0 Å². The van der Waals surface area contributed by atoms with Crippen molar-refractivity contribution in [2.45, 2.75) is 25.9 Å². The molecule has 1 fully saturated rings. The molecule has 28 heavy (non-hydrogen) atoms. The fourth-order valence-corrected chi connectivity index (χ4v) is 4.10. The summed E-state index contributed by atoms with van der Waals surface area (Å²) in [6.45, 7) is 3.30. The second kappa shape index (κ2) is 8.76. The van der Waals surface area contributed by atoms with Gasteiger partial charge in [0.2, 0.25) is 5.91 Å². The summed E-state index contributed by atoms with van der Waals surface area (Å²) in [4.78, 5) is 15.0. The smallest absolute Gasteiger partial charge is 0.223 e. The normalized spacial score (nSPS) is 15.6. The van der Waals surface area contributed by atoms with Crippen LogP contribution in [0, 0.1) is 5.92 Å². The SMILES string of the molecule is O=C(NCc1ccc2ccccc2c1)C1CCN(Cc2ccccc2Cl)CC1. The number of hydrogen-bond donors (Lipinski definition) is 1. The summed E-state index contributed by atoms with van der Waals surface area (Å²) in [6, 6.07) is 22.6. The molecule has 1 N–H and O–H groups in total. The minimum atomic E-state index is 0.1000. The lowest BCUT2D eigenvalue weighted by Gasteiger charge is -2.31. The average molecular weight is 393 g/mol. The van der Waals surface area contributed by atoms with E-state index in [-0.39, 0.29) is 11.8 Å². The van der Waals surface area contributed by atoms with E-state index < -0.39 is 0 Å². The van der Waals surface area contributed by atoms with Crippen LogP contribution < -0.4 is 5.32 Å². The second-order valence-electron chi connectivity index (χ2n) is 7.54. The van der Waals surface area contributed by atoms with Crippen LogP contribution in [0.2, 0.25) is 5.02 Å². The Kier molecular flexibility index (Phi) is 5.94. The monoisotopic (exact) mass is 392 g/mol. The summed E-state index contributed by atoms with van der Waals surface area (Å²) in [5.41, 5.74) is 2.30. The van der Waals surface area contributed by atoms with Gasteiger partial charge in [0.15, 0.2) is 0 Å². The van der Waals surface area contributed by atoms with Gasteiger partial charge in [-0.1, -0.05) is 66.2 Å². The number of hydrogen-bond acceptors (Lipinski definition) is 2. The first-order valence-corrected chi connectivity index (χ1v) is 10.3. The molecule has 0 bridgehead atoms. The van der Waals surface area contributed by atoms with E-state index >= 15 is 0 Å². The van der Waals surface area contributed by atoms with Crippen molar-refractivity contribution in [2.75, 3.05) is 13.1 Å². The van der Waals surface area contributed by atoms with E-state index in [0.717, 1.165) is 48.6 Å². The molecule has 1 aliphatic heterocycles. The van der Waals surface area contributed by atoms with Crippen LogP contribution >= 0.6 is 11.6 Å². The molecule has 1 heterocycles. The summed E-state index contributed by atoms with van der Waals surface area (Å²) in [5.74, 6) is 0.272. The molecule has 0 atom stereocenters. The number of piperidine rings is 1. The number of halogens is 1. The molecule has 3 aromatic carbocycles. The fraction of sp³-hybridized carbons (Fsp3) is 0.292. The number of fused-ring (bicyclic) bond motifs is 1. The van der Waals surface area contributed by atoms with Gasteiger partial charge in [-0.2, -0.15) is 0 Å². The largest absolute Gasteiger partial charge is 0.352 e. The van der Waals surface area contributed by atoms with Gasteiger partial charge in [0.05, 0.1) is 0 Å². The van der Waals surface area contributed by atoms with E-state index in [1.807, 2.05) is 30.3 Å². The van der Waals surface area contributed by atoms with Crippen molar-refractivity contribution in [3.8, 4) is 0 Å². The molecule has 3 aromatic rings. The predicted octanol–water partition coefficient (Wildman–Crippen LogP) is 5.02. The number of nitrogens with zero attached hydrogens (tertiary/aromatic N) is 1. The van der Waals surface area contributed by atoms with Gasteiger partial charge < -0.3 is 5.32 Å². The zero-order valence-corrected chi connectivity index (χ0v) is 16.7. The minimum absolute atomic E-state index is 0.1000. The Morgan fingerprint density at radius 1 is 0.964 bits per heavy atom. The third-order valence-electron chi connectivity index (χ3n) is 5.59. The molecule has 4 heteroatoms. The summed E-state index contributed by atoms with van der Waals surface area (Å²) in [5, 5.41) is 6.38. The summed E-state index contributed by atoms with van der Waals surface area (Å²) in [7, 11) is 0. The minimum Gasteiger partial charge on any atom is -0.352 e. The van der Waals surface area contributed by atoms with Crippen molar-refractivity contribution >= 4 is 28.3 Å². The van der Waals surface area contributed by atoms with Crippen LogP contribution in [0.25, 0.3) is 10.8 Å². The Morgan fingerprint density at radius 3 is 2.46 bits per heavy atom. The Hall–Kier alpha value is -2.36. The Balaban J connectivity index is 1.27. The molecule has 0 aromatic heterocycles. The van der Waals surface area contributed by atoms with Crippen molar-refractivity contribution in [1.82, 2.24) is 10.2 Å². The maximum Gasteiger partial charge on any atom is 0.223 e. The number of rotatable bonds is 5. The molecule has 0 radical (unpaired) electrons. The highest BCUT2D eigenvalue weighted by molar-refractivity contribution is 6.31. The van der Waals surface area contributed by atoms with Crippen LogP contribution in [0.4, 0.5) is 0 Å². The summed E-state index contributed by atoms with van der Waals surface area (Å²) >= 11 is 6.27. The standard InChI is InChI=1S/C24H25ClN2O/c25-23-8-4-3-7-22(23)17-27-13-11-20(12-14-27)24(28)26-16-18-9-10-19-5-1-2-6-21(19)15-18/h1-10,15,20H,11-14,16-17H2,(H,26,28). The lowest BCUT2D eigenvalue weighted by molar-refractivity contribution is -0.126. The van der Waals surface area contributed by atoms with E-state index in [1.165, 1.54) is 10.8 Å². The zero-order valence-electron chi connectivity index (χ0n) is 15.9. The topological polar surface area (TPSA) is 32.3 Å². The van der Waals surface area contributed by atoms with Crippen molar-refractivity contribution in [3.63, 3.8) is 0 Å². The van der Waals surface area contributed by atoms with Gasteiger partial charge in [0, 0.05) is 24.0 Å². The van der Waals surface area contributed by atoms with Crippen LogP contribution in [0.3, 0.4) is 0 Å². The van der Waals surface area contributed by atoms with E-state index in [4.69, 9.17) is 11.6 Å². The molecular formula is C24H25ClN2O. The molecule has 144 valence electrons. The lowest BCUT2D eigenvalue weighted by atomic mass is 9.95. The fourth-order valence-electron chi connectivity index (χ4n) is 3.90. The molecule has 1 saturated heterocycles. The summed E-state index contributed by atoms with van der Waals surface area (Å²) < 4.78 is 0. The molecular weight excluding hydrogens is 368 g/mol. The number of carbonyl (C=O) groups excluding carboxylic acids is 1. The highest BCUT2D eigenvalue weighted by Crippen LogP contribution is 2.22. The Morgan fingerprint density at radius 2 is 1.68 bits per heavy atom. The molecule has 1 aliphatic rings. The lowest BCUT2D eigenvalue weighted by Crippen LogP contribution is -2.40. The maximum atomic E-state index is 12.6. The first-order valence-electron chi connectivity index (χ1n) is 9.90. The van der Waals surface area contributed by atoms with E-state index in [1.54, 1.807) is 0 Å². The van der Waals surface area contributed by atoms with E-state index in [9.17, 15) is 4.79 Å². The Labute approximate surface area is 171 Å². The van der Waals surface area contributed by atoms with Crippen LogP contribution in [-0.4, -0.2) is 23.9 Å². The molecule has 0 aliphatic carbocycles. The van der Waals surface area contributed by atoms with Crippen LogP contribution in [0.15, 0.2) is 66.7 Å². The van der Waals surface area contributed by atoms with Gasteiger partial charge in [-0.05, 0) is 60.0 Å². The van der Waals surface area contributed by atoms with Gasteiger partial charge in [-0.15, -0.1) is 0 Å². The third kappa shape index (κ3) is 4.54. The number of likely N-dealkylation sites (tertiary alicyclic amines) is 1. The highest BCUT2D eigenvalue weighted by atomic mass is 35.5. The van der Waals surface area contributed by atoms with Crippen molar-refractivity contribution in [2.24, 2.45) is 5.92 Å². The molecule has 3 nitrogen and oxygen atoms in total. The number of carbonyl (C=O) groups is 1. The second-order valence-corrected chi connectivity index (χ2v) is 7.95. The maximum absolute atomic E-state index is 12.6. The van der Waals surface area contributed by atoms with E-state index in [0.29, 0.717) is 6.54 Å². The summed E-state index contributed by atoms with van der Waals surface area (Å²) in [6.07, 6.45) is 1.79. The first-order chi connectivity index (χ1) is 13.7. The van der Waals surface area contributed by atoms with Crippen LogP contribution in [-0.2, 0) is 17.9 Å². The number of nitrogens with one attached hydrogen (secondary N) is 1. The van der Waals surface area contributed by atoms with Gasteiger partial charge in [-0.3, -0.25) is 9.69 Å². The number of benzene rings is 3. The van der Waals surface area contributed by atoms with Crippen LogP contribution in [0.1, 0.15) is 24.0 Å². The predicted molar refractivity (Wildman–Crippen MR) is 115 cm³/mol. The highest BCUT2D eigenvalue weighted by Gasteiger charge is 2.25. The van der Waals surface area contributed by atoms with Crippen molar-refractivity contribution in [1.29, 1.82) is 0 Å².